The van der Waals surface area contributed by atoms with Crippen LogP contribution in [0.15, 0.2) is 17.3 Å². The summed E-state index contributed by atoms with van der Waals surface area (Å²) in [4.78, 5) is 40.8. The first-order valence-electron chi connectivity index (χ1n) is 16.4. The van der Waals surface area contributed by atoms with E-state index < -0.39 is 17.0 Å². The van der Waals surface area contributed by atoms with Gasteiger partial charge in [0.25, 0.3) is 0 Å². The van der Waals surface area contributed by atoms with Crippen molar-refractivity contribution in [2.24, 2.45) is 18.0 Å². The second-order valence-electron chi connectivity index (χ2n) is 12.6. The fraction of sp³-hybridized carbons (Fsp3) is 0.625. The number of benzene rings is 1. The van der Waals surface area contributed by atoms with Crippen molar-refractivity contribution in [1.82, 2.24) is 40.2 Å². The number of amidine groups is 1. The van der Waals surface area contributed by atoms with E-state index in [4.69, 9.17) is 16.3 Å². The highest BCUT2D eigenvalue weighted by Crippen LogP contribution is 2.34. The van der Waals surface area contributed by atoms with Gasteiger partial charge in [-0.3, -0.25) is 15.1 Å². The van der Waals surface area contributed by atoms with E-state index in [2.05, 4.69) is 25.9 Å². The number of aliphatic hydroxyl groups excluding tert-OH is 1. The average molecular weight is 694 g/mol. The minimum atomic E-state index is -1.07. The summed E-state index contributed by atoms with van der Waals surface area (Å²) >= 11 is 6.84. The van der Waals surface area contributed by atoms with Gasteiger partial charge >= 0.3 is 6.03 Å². The molecule has 48 heavy (non-hydrogen) atoms. The topological polar surface area (TPSA) is 140 Å². The number of aromatic nitrogens is 2. The highest BCUT2D eigenvalue weighted by Gasteiger charge is 2.38. The molecule has 0 bridgehead atoms. The Morgan fingerprint density at radius 3 is 2.54 bits per heavy atom. The molecule has 1 saturated carbocycles. The Morgan fingerprint density at radius 2 is 1.88 bits per heavy atom. The van der Waals surface area contributed by atoms with Crippen LogP contribution < -0.4 is 20.7 Å². The van der Waals surface area contributed by atoms with Crippen molar-refractivity contribution in [2.45, 2.75) is 43.6 Å². The number of nitrogens with one attached hydrogen (secondary N) is 3. The molecule has 0 radical (unpaired) electrons. The number of nitrogens with zero attached hydrogens (tertiary/aromatic N) is 6. The molecule has 3 unspecified atom stereocenters. The number of aliphatic hydroxyl groups is 1. The van der Waals surface area contributed by atoms with Crippen LogP contribution in [0.4, 0.5) is 13.6 Å². The summed E-state index contributed by atoms with van der Waals surface area (Å²) < 4.78 is 37.1. The molecule has 264 valence electrons. The first-order chi connectivity index (χ1) is 23.1. The van der Waals surface area contributed by atoms with Gasteiger partial charge in [-0.05, 0) is 44.9 Å². The number of carbonyl (C=O) groups excluding carboxylic acids is 2. The van der Waals surface area contributed by atoms with Gasteiger partial charge in [0.05, 0.1) is 24.4 Å². The zero-order valence-corrected chi connectivity index (χ0v) is 28.7. The number of rotatable bonds is 8. The van der Waals surface area contributed by atoms with E-state index in [1.807, 2.05) is 4.90 Å². The van der Waals surface area contributed by atoms with Crippen molar-refractivity contribution in [3.63, 3.8) is 0 Å². The molecule has 4 atom stereocenters. The summed E-state index contributed by atoms with van der Waals surface area (Å²) in [6, 6.07) is 1.21. The third-order valence-electron chi connectivity index (χ3n) is 9.46. The molecule has 3 heterocycles. The number of amides is 3. The first-order valence-corrected chi connectivity index (χ1v) is 16.8. The third-order valence-corrected chi connectivity index (χ3v) is 9.94. The molecule has 0 spiro atoms. The Bertz CT molecular complexity index is 1500. The summed E-state index contributed by atoms with van der Waals surface area (Å²) in [6.45, 7) is 5.20. The van der Waals surface area contributed by atoms with Crippen LogP contribution in [0.1, 0.15) is 30.7 Å². The summed E-state index contributed by atoms with van der Waals surface area (Å²) in [6.07, 6.45) is 3.27. The number of urea groups is 1. The molecule has 1 aromatic heterocycles. The van der Waals surface area contributed by atoms with E-state index >= 15 is 4.39 Å². The smallest absolute Gasteiger partial charge is 0.320 e. The quantitative estimate of drug-likeness (QED) is 0.141. The van der Waals surface area contributed by atoms with Crippen LogP contribution in [0, 0.1) is 24.5 Å². The predicted molar refractivity (Wildman–Crippen MR) is 178 cm³/mol. The van der Waals surface area contributed by atoms with Gasteiger partial charge in [-0.15, -0.1) is 11.6 Å². The molecular formula is C32H46ClF2N9O4. The Hall–Kier alpha value is -3.53. The van der Waals surface area contributed by atoms with Crippen LogP contribution in [-0.4, -0.2) is 138 Å². The normalized spacial score (nSPS) is 23.8. The SMILES string of the molecule is C/N=C(/NC1CCC(C(=O)N2CCN(C(=O)N3CCN[C@@H](CO)C3)CC2)C(Cl)C1)c1ncc(-c2c(C)cc(OCNC)c(F)c2F)n1C. The molecule has 3 fully saturated rings. The van der Waals surface area contributed by atoms with E-state index in [1.165, 1.54) is 12.3 Å². The summed E-state index contributed by atoms with van der Waals surface area (Å²) in [5.74, 6) is -1.67. The molecule has 2 saturated heterocycles. The standard InChI is InChI=1S/C32H46ClF2N9O4/c1-19-13-25(48-18-36-2)27(34)28(35)26(19)24-15-39-30(41(24)4)29(37-3)40-20-5-6-22(23(33)14-20)31(46)42-9-11-43(12-10-42)32(47)44-8-7-38-21(16-44)17-45/h13,15,20-23,36,38,45H,5-12,14,16-18H2,1-4H3,(H,37,40)/t20?,21-,22?,23?/m1/s1. The van der Waals surface area contributed by atoms with Crippen LogP contribution >= 0.6 is 11.6 Å². The minimum absolute atomic E-state index is 0.00759. The largest absolute Gasteiger partial charge is 0.475 e. The molecule has 4 N–H and O–H groups in total. The van der Waals surface area contributed by atoms with Crippen LogP contribution in [-0.2, 0) is 11.8 Å². The van der Waals surface area contributed by atoms with Crippen LogP contribution in [0.3, 0.4) is 0 Å². The summed E-state index contributed by atoms with van der Waals surface area (Å²) in [5, 5.41) is 18.4. The fourth-order valence-corrected chi connectivity index (χ4v) is 7.22. The highest BCUT2D eigenvalue weighted by molar-refractivity contribution is 6.22. The second kappa shape index (κ2) is 15.8. The van der Waals surface area contributed by atoms with Crippen LogP contribution in [0.25, 0.3) is 11.3 Å². The van der Waals surface area contributed by atoms with E-state index in [-0.39, 0.29) is 54.6 Å². The number of hydrogen-bond donors (Lipinski definition) is 4. The van der Waals surface area contributed by atoms with Gasteiger partial charge in [-0.2, -0.15) is 4.39 Å². The molecule has 3 amide bonds. The zero-order chi connectivity index (χ0) is 34.5. The maximum absolute atomic E-state index is 15.3. The predicted octanol–water partition coefficient (Wildman–Crippen LogP) is 1.50. The fourth-order valence-electron chi connectivity index (χ4n) is 6.78. The lowest BCUT2D eigenvalue weighted by Gasteiger charge is -2.42. The van der Waals surface area contributed by atoms with Crippen molar-refractivity contribution >= 4 is 29.4 Å². The van der Waals surface area contributed by atoms with Gasteiger partial charge < -0.3 is 39.7 Å². The molecule has 3 aliphatic rings. The van der Waals surface area contributed by atoms with E-state index in [1.54, 1.807) is 42.4 Å². The molecule has 13 nitrogen and oxygen atoms in total. The number of alkyl halides is 1. The average Bonchev–Trinajstić information content (AvgIpc) is 3.47. The van der Waals surface area contributed by atoms with E-state index in [9.17, 15) is 19.1 Å². The van der Waals surface area contributed by atoms with Crippen molar-refractivity contribution < 1.29 is 28.2 Å². The highest BCUT2D eigenvalue weighted by atomic mass is 35.5. The Morgan fingerprint density at radius 1 is 1.15 bits per heavy atom. The number of carbonyl (C=O) groups is 2. The van der Waals surface area contributed by atoms with Crippen LogP contribution in [0.2, 0.25) is 0 Å². The van der Waals surface area contributed by atoms with Crippen molar-refractivity contribution in [2.75, 3.05) is 73.2 Å². The number of imidazole rings is 1. The van der Waals surface area contributed by atoms with Gasteiger partial charge in [0.2, 0.25) is 11.7 Å². The molecule has 16 heteroatoms. The number of hydrogen-bond acceptors (Lipinski definition) is 8. The lowest BCUT2D eigenvalue weighted by molar-refractivity contribution is -0.138. The van der Waals surface area contributed by atoms with Gasteiger partial charge in [0.15, 0.2) is 23.2 Å². The lowest BCUT2D eigenvalue weighted by Crippen LogP contribution is -2.60. The van der Waals surface area contributed by atoms with Gasteiger partial charge in [0, 0.05) is 82.9 Å². The number of halogens is 3. The van der Waals surface area contributed by atoms with Gasteiger partial charge in [-0.25, -0.2) is 14.2 Å². The minimum Gasteiger partial charge on any atom is -0.475 e. The zero-order valence-electron chi connectivity index (χ0n) is 27.9. The van der Waals surface area contributed by atoms with Crippen molar-refractivity contribution in [3.8, 4) is 17.0 Å². The van der Waals surface area contributed by atoms with E-state index in [0.717, 1.165) is 0 Å². The van der Waals surface area contributed by atoms with E-state index in [0.29, 0.717) is 88.0 Å². The lowest BCUT2D eigenvalue weighted by atomic mass is 9.84. The number of ether oxygens (including phenoxy) is 1. The Balaban J connectivity index is 1.17. The number of piperazine rings is 2. The molecule has 2 aliphatic heterocycles. The molecule has 1 aliphatic carbocycles. The molecule has 5 rings (SSSR count). The van der Waals surface area contributed by atoms with Crippen molar-refractivity contribution in [1.29, 1.82) is 0 Å². The molecule has 1 aromatic carbocycles. The Kier molecular flexibility index (Phi) is 11.8. The first kappa shape index (κ1) is 35.8. The maximum Gasteiger partial charge on any atom is 0.320 e. The second-order valence-corrected chi connectivity index (χ2v) is 13.1. The molecular weight excluding hydrogens is 648 g/mol. The van der Waals surface area contributed by atoms with Crippen molar-refractivity contribution in [3.05, 3.63) is 35.3 Å². The maximum atomic E-state index is 15.3. The monoisotopic (exact) mass is 693 g/mol. The molecule has 2 aromatic rings. The summed E-state index contributed by atoms with van der Waals surface area (Å²) in [7, 11) is 4.99. The number of aryl methyl sites for hydroxylation is 1. The third kappa shape index (κ3) is 7.53. The van der Waals surface area contributed by atoms with Gasteiger partial charge in [-0.1, -0.05) is 0 Å². The number of aliphatic imine (C=N–C) groups is 1. The van der Waals surface area contributed by atoms with Crippen LogP contribution in [0.5, 0.6) is 5.75 Å². The Labute approximate surface area is 284 Å². The summed E-state index contributed by atoms with van der Waals surface area (Å²) in [5.41, 5.74) is 0.968. The van der Waals surface area contributed by atoms with Gasteiger partial charge in [0.1, 0.15) is 6.73 Å².